The van der Waals surface area contributed by atoms with Crippen LogP contribution in [0.3, 0.4) is 0 Å². The summed E-state index contributed by atoms with van der Waals surface area (Å²) in [6, 6.07) is 2.98. The van der Waals surface area contributed by atoms with Gasteiger partial charge in [-0.25, -0.2) is 0 Å². The van der Waals surface area contributed by atoms with Crippen molar-refractivity contribution >= 4 is 11.3 Å². The van der Waals surface area contributed by atoms with Gasteiger partial charge in [-0.1, -0.05) is 13.8 Å². The molecule has 1 N–H and O–H groups in total. The first-order valence-electron chi connectivity index (χ1n) is 6.90. The van der Waals surface area contributed by atoms with Crippen LogP contribution in [0.25, 0.3) is 0 Å². The van der Waals surface area contributed by atoms with Crippen LogP contribution in [0.5, 0.6) is 0 Å². The predicted octanol–water partition coefficient (Wildman–Crippen LogP) is 3.64. The van der Waals surface area contributed by atoms with Gasteiger partial charge in [-0.05, 0) is 45.4 Å². The maximum Gasteiger partial charge on any atom is 0.0296 e. The minimum Gasteiger partial charge on any atom is -0.315 e. The van der Waals surface area contributed by atoms with Gasteiger partial charge in [0.2, 0.25) is 0 Å². The second-order valence-corrected chi connectivity index (χ2v) is 7.08. The molecule has 0 atom stereocenters. The number of nitrogens with one attached hydrogen (secondary N) is 1. The molecule has 1 heterocycles. The highest BCUT2D eigenvalue weighted by Crippen LogP contribution is 2.24. The van der Waals surface area contributed by atoms with E-state index in [1.807, 2.05) is 18.4 Å². The van der Waals surface area contributed by atoms with Crippen LogP contribution in [0.2, 0.25) is 0 Å². The van der Waals surface area contributed by atoms with Crippen molar-refractivity contribution in [2.75, 3.05) is 13.6 Å². The molecule has 0 unspecified atom stereocenters. The lowest BCUT2D eigenvalue weighted by Crippen LogP contribution is -2.33. The SMILES string of the molecule is CNCc1cc(CN(CC(C)C)C(C)C)c(C)s1. The van der Waals surface area contributed by atoms with Crippen LogP contribution >= 0.6 is 11.3 Å². The van der Waals surface area contributed by atoms with E-state index in [4.69, 9.17) is 0 Å². The first kappa shape index (κ1) is 15.7. The van der Waals surface area contributed by atoms with Gasteiger partial charge in [0.15, 0.2) is 0 Å². The summed E-state index contributed by atoms with van der Waals surface area (Å²) in [7, 11) is 2.01. The van der Waals surface area contributed by atoms with Crippen LogP contribution in [-0.2, 0) is 13.1 Å². The topological polar surface area (TPSA) is 15.3 Å². The van der Waals surface area contributed by atoms with E-state index in [2.05, 4.69) is 50.9 Å². The van der Waals surface area contributed by atoms with Crippen LogP contribution in [0.4, 0.5) is 0 Å². The van der Waals surface area contributed by atoms with Crippen LogP contribution in [0.1, 0.15) is 43.0 Å². The monoisotopic (exact) mass is 268 g/mol. The molecule has 0 aromatic carbocycles. The molecular weight excluding hydrogens is 240 g/mol. The van der Waals surface area contributed by atoms with E-state index in [-0.39, 0.29) is 0 Å². The molecule has 0 spiro atoms. The third-order valence-electron chi connectivity index (χ3n) is 3.13. The number of rotatable bonds is 7. The summed E-state index contributed by atoms with van der Waals surface area (Å²) < 4.78 is 0. The van der Waals surface area contributed by atoms with Gasteiger partial charge in [-0.2, -0.15) is 0 Å². The lowest BCUT2D eigenvalue weighted by atomic mass is 10.1. The Morgan fingerprint density at radius 3 is 2.44 bits per heavy atom. The maximum atomic E-state index is 3.23. The minimum absolute atomic E-state index is 0.611. The molecule has 0 amide bonds. The molecule has 104 valence electrons. The molecule has 1 aromatic rings. The van der Waals surface area contributed by atoms with Crippen LogP contribution in [0, 0.1) is 12.8 Å². The Hall–Kier alpha value is -0.380. The number of nitrogens with zero attached hydrogens (tertiary/aromatic N) is 1. The molecule has 3 heteroatoms. The molecule has 0 fully saturated rings. The molecule has 0 saturated heterocycles. The van der Waals surface area contributed by atoms with E-state index in [9.17, 15) is 0 Å². The van der Waals surface area contributed by atoms with Gasteiger partial charge in [-0.15, -0.1) is 11.3 Å². The fourth-order valence-electron chi connectivity index (χ4n) is 2.15. The Morgan fingerprint density at radius 1 is 1.28 bits per heavy atom. The fraction of sp³-hybridized carbons (Fsp3) is 0.733. The zero-order chi connectivity index (χ0) is 13.7. The predicted molar refractivity (Wildman–Crippen MR) is 82.2 cm³/mol. The van der Waals surface area contributed by atoms with E-state index in [1.165, 1.54) is 21.9 Å². The lowest BCUT2D eigenvalue weighted by Gasteiger charge is -2.28. The number of hydrogen-bond acceptors (Lipinski definition) is 3. The van der Waals surface area contributed by atoms with Crippen molar-refractivity contribution in [2.24, 2.45) is 5.92 Å². The van der Waals surface area contributed by atoms with Gasteiger partial charge in [0.1, 0.15) is 0 Å². The van der Waals surface area contributed by atoms with E-state index in [1.54, 1.807) is 0 Å². The molecule has 0 aliphatic heterocycles. The molecule has 0 radical (unpaired) electrons. The van der Waals surface area contributed by atoms with Gasteiger partial charge in [0.25, 0.3) is 0 Å². The Kier molecular flexibility index (Phi) is 6.33. The summed E-state index contributed by atoms with van der Waals surface area (Å²) in [5.74, 6) is 0.725. The van der Waals surface area contributed by atoms with E-state index in [0.717, 1.165) is 19.0 Å². The Bertz CT molecular complexity index is 355. The molecule has 0 bridgehead atoms. The second kappa shape index (κ2) is 7.27. The molecule has 0 aliphatic carbocycles. The summed E-state index contributed by atoms with van der Waals surface area (Å²) in [6.07, 6.45) is 0. The van der Waals surface area contributed by atoms with E-state index in [0.29, 0.717) is 6.04 Å². The normalized spacial score (nSPS) is 12.1. The van der Waals surface area contributed by atoms with Crippen LogP contribution in [0.15, 0.2) is 6.07 Å². The van der Waals surface area contributed by atoms with Gasteiger partial charge < -0.3 is 5.32 Å². The average Bonchev–Trinajstić information content (AvgIpc) is 2.58. The minimum atomic E-state index is 0.611. The largest absolute Gasteiger partial charge is 0.315 e. The highest BCUT2D eigenvalue weighted by atomic mass is 32.1. The van der Waals surface area contributed by atoms with Gasteiger partial charge in [0.05, 0.1) is 0 Å². The first-order chi connectivity index (χ1) is 8.43. The third-order valence-corrected chi connectivity index (χ3v) is 4.22. The Morgan fingerprint density at radius 2 is 1.94 bits per heavy atom. The number of hydrogen-bond donors (Lipinski definition) is 1. The molecule has 2 nitrogen and oxygen atoms in total. The van der Waals surface area contributed by atoms with Crippen LogP contribution < -0.4 is 5.32 Å². The summed E-state index contributed by atoms with van der Waals surface area (Å²) in [6.45, 7) is 14.7. The van der Waals surface area contributed by atoms with Gasteiger partial charge >= 0.3 is 0 Å². The van der Waals surface area contributed by atoms with Crippen molar-refractivity contribution in [1.82, 2.24) is 10.2 Å². The molecule has 1 rings (SSSR count). The summed E-state index contributed by atoms with van der Waals surface area (Å²) >= 11 is 1.92. The standard InChI is InChI=1S/C15H28N2S/c1-11(2)9-17(12(3)4)10-14-7-15(8-16-6)18-13(14)5/h7,11-12,16H,8-10H2,1-6H3. The zero-order valence-corrected chi connectivity index (χ0v) is 13.5. The molecule has 0 saturated carbocycles. The van der Waals surface area contributed by atoms with Crippen LogP contribution in [-0.4, -0.2) is 24.5 Å². The first-order valence-corrected chi connectivity index (χ1v) is 7.72. The van der Waals surface area contributed by atoms with Crippen molar-refractivity contribution in [3.8, 4) is 0 Å². The average molecular weight is 268 g/mol. The summed E-state index contributed by atoms with van der Waals surface area (Å²) in [5, 5.41) is 3.23. The molecule has 18 heavy (non-hydrogen) atoms. The van der Waals surface area contributed by atoms with Crippen molar-refractivity contribution in [2.45, 2.75) is 53.8 Å². The number of aryl methyl sites for hydroxylation is 1. The van der Waals surface area contributed by atoms with Crippen molar-refractivity contribution in [3.05, 3.63) is 21.4 Å². The maximum absolute atomic E-state index is 3.23. The Balaban J connectivity index is 2.73. The highest BCUT2D eigenvalue weighted by molar-refractivity contribution is 7.12. The van der Waals surface area contributed by atoms with E-state index < -0.39 is 0 Å². The summed E-state index contributed by atoms with van der Waals surface area (Å²) in [4.78, 5) is 5.48. The van der Waals surface area contributed by atoms with Gasteiger partial charge in [-0.3, -0.25) is 4.90 Å². The quantitative estimate of drug-likeness (QED) is 0.812. The molecular formula is C15H28N2S. The Labute approximate surface area is 116 Å². The zero-order valence-electron chi connectivity index (χ0n) is 12.7. The van der Waals surface area contributed by atoms with Crippen molar-refractivity contribution < 1.29 is 0 Å². The fourth-order valence-corrected chi connectivity index (χ4v) is 3.22. The summed E-state index contributed by atoms with van der Waals surface area (Å²) in [5.41, 5.74) is 1.50. The third kappa shape index (κ3) is 4.71. The number of thiophene rings is 1. The highest BCUT2D eigenvalue weighted by Gasteiger charge is 2.14. The molecule has 0 aliphatic rings. The van der Waals surface area contributed by atoms with Gasteiger partial charge in [0, 0.05) is 35.4 Å². The van der Waals surface area contributed by atoms with E-state index >= 15 is 0 Å². The van der Waals surface area contributed by atoms with Crippen molar-refractivity contribution in [3.63, 3.8) is 0 Å². The van der Waals surface area contributed by atoms with Crippen molar-refractivity contribution in [1.29, 1.82) is 0 Å². The smallest absolute Gasteiger partial charge is 0.0296 e. The lowest BCUT2D eigenvalue weighted by molar-refractivity contribution is 0.189. The second-order valence-electron chi connectivity index (χ2n) is 5.74. The molecule has 1 aromatic heterocycles.